The van der Waals surface area contributed by atoms with Crippen LogP contribution in [0.15, 0.2) is 12.4 Å². The number of ether oxygens (including phenoxy) is 1. The monoisotopic (exact) mass is 168 g/mol. The van der Waals surface area contributed by atoms with Crippen molar-refractivity contribution < 1.29 is 4.74 Å². The highest BCUT2D eigenvalue weighted by molar-refractivity contribution is 5.23. The maximum atomic E-state index is 5.31. The molecule has 2 rings (SSSR count). The number of morpholine rings is 1. The number of nitrogens with one attached hydrogen (secondary N) is 1. The molecule has 0 aromatic carbocycles. The Morgan fingerprint density at radius 3 is 2.83 bits per heavy atom. The van der Waals surface area contributed by atoms with Gasteiger partial charge >= 0.3 is 5.95 Å². The standard InChI is InChI=1S/C8H14N3O/c1-11(4-6-12-7-5-11)8-9-2-3-10-8/h2-3H,4-7H2,1H3,(H,9,10)/q+1. The molecular weight excluding hydrogens is 154 g/mol. The molecule has 1 saturated heterocycles. The van der Waals surface area contributed by atoms with Gasteiger partial charge in [0.05, 0.1) is 26.5 Å². The van der Waals surface area contributed by atoms with Gasteiger partial charge in [-0.25, -0.2) is 0 Å². The second kappa shape index (κ2) is 2.88. The average molecular weight is 168 g/mol. The van der Waals surface area contributed by atoms with Crippen molar-refractivity contribution in [3.63, 3.8) is 0 Å². The first kappa shape index (κ1) is 7.76. The van der Waals surface area contributed by atoms with Gasteiger partial charge in [-0.1, -0.05) is 0 Å². The molecule has 1 aromatic rings. The van der Waals surface area contributed by atoms with E-state index < -0.39 is 0 Å². The Morgan fingerprint density at radius 1 is 1.50 bits per heavy atom. The lowest BCUT2D eigenvalue weighted by Crippen LogP contribution is -2.53. The number of rotatable bonds is 1. The lowest BCUT2D eigenvalue weighted by molar-refractivity contribution is 0.0499. The lowest BCUT2D eigenvalue weighted by Gasteiger charge is -2.34. The molecule has 1 N–H and O–H groups in total. The van der Waals surface area contributed by atoms with Crippen molar-refractivity contribution in [2.24, 2.45) is 0 Å². The van der Waals surface area contributed by atoms with Gasteiger partial charge in [0.2, 0.25) is 0 Å². The fraction of sp³-hybridized carbons (Fsp3) is 0.625. The number of quaternary nitrogens is 1. The number of aromatic amines is 1. The number of H-pyrrole nitrogens is 1. The number of hydrogen-bond acceptors (Lipinski definition) is 2. The average Bonchev–Trinajstić information content (AvgIpc) is 2.58. The summed E-state index contributed by atoms with van der Waals surface area (Å²) >= 11 is 0. The maximum absolute atomic E-state index is 5.31. The van der Waals surface area contributed by atoms with Crippen LogP contribution in [0.25, 0.3) is 0 Å². The summed E-state index contributed by atoms with van der Waals surface area (Å²) in [7, 11) is 2.18. The van der Waals surface area contributed by atoms with Crippen LogP contribution in [-0.4, -0.2) is 43.3 Å². The van der Waals surface area contributed by atoms with Crippen molar-refractivity contribution in [3.8, 4) is 0 Å². The summed E-state index contributed by atoms with van der Waals surface area (Å²) in [6, 6.07) is 0. The fourth-order valence-corrected chi connectivity index (χ4v) is 1.51. The quantitative estimate of drug-likeness (QED) is 0.615. The Labute approximate surface area is 71.8 Å². The number of imidazole rings is 1. The summed E-state index contributed by atoms with van der Waals surface area (Å²) in [6.45, 7) is 3.68. The zero-order valence-corrected chi connectivity index (χ0v) is 7.29. The van der Waals surface area contributed by atoms with Crippen LogP contribution in [0, 0.1) is 0 Å². The summed E-state index contributed by atoms with van der Waals surface area (Å²) in [5.41, 5.74) is 0. The smallest absolute Gasteiger partial charge is 0.306 e. The maximum Gasteiger partial charge on any atom is 0.306 e. The highest BCUT2D eigenvalue weighted by Crippen LogP contribution is 2.16. The Bertz CT molecular complexity index is 239. The summed E-state index contributed by atoms with van der Waals surface area (Å²) in [6.07, 6.45) is 3.67. The molecule has 0 amide bonds. The molecule has 2 heterocycles. The predicted molar refractivity (Wildman–Crippen MR) is 46.9 cm³/mol. The minimum atomic E-state index is 0.831. The van der Waals surface area contributed by atoms with Gasteiger partial charge in [-0.15, -0.1) is 0 Å². The van der Waals surface area contributed by atoms with E-state index in [1.165, 1.54) is 0 Å². The van der Waals surface area contributed by atoms with Gasteiger partial charge in [0.1, 0.15) is 13.1 Å². The van der Waals surface area contributed by atoms with Crippen LogP contribution < -0.4 is 4.48 Å². The second-order valence-electron chi connectivity index (χ2n) is 3.37. The number of hydrogen-bond donors (Lipinski definition) is 1. The molecule has 0 saturated carbocycles. The predicted octanol–water partition coefficient (Wildman–Crippen LogP) is 0.377. The van der Waals surface area contributed by atoms with E-state index >= 15 is 0 Å². The first-order valence-electron chi connectivity index (χ1n) is 4.23. The zero-order valence-electron chi connectivity index (χ0n) is 7.29. The van der Waals surface area contributed by atoms with E-state index in [1.807, 2.05) is 6.20 Å². The first-order valence-corrected chi connectivity index (χ1v) is 4.23. The molecule has 4 nitrogen and oxygen atoms in total. The zero-order chi connectivity index (χ0) is 8.44. The van der Waals surface area contributed by atoms with Crippen molar-refractivity contribution >= 4 is 5.95 Å². The Morgan fingerprint density at radius 2 is 2.25 bits per heavy atom. The molecule has 1 aliphatic rings. The molecule has 0 aliphatic carbocycles. The fourth-order valence-electron chi connectivity index (χ4n) is 1.51. The summed E-state index contributed by atoms with van der Waals surface area (Å²) in [5.74, 6) is 1.04. The van der Waals surface area contributed by atoms with Crippen LogP contribution in [0.4, 0.5) is 5.95 Å². The van der Waals surface area contributed by atoms with Gasteiger partial charge in [-0.05, 0) is 0 Å². The first-order chi connectivity index (χ1) is 5.81. The molecule has 0 bridgehead atoms. The third kappa shape index (κ3) is 1.23. The topological polar surface area (TPSA) is 37.9 Å². The normalized spacial score (nSPS) is 22.4. The number of nitrogens with zero attached hydrogens (tertiary/aromatic N) is 2. The van der Waals surface area contributed by atoms with E-state index in [2.05, 4.69) is 17.0 Å². The highest BCUT2D eigenvalue weighted by Gasteiger charge is 2.30. The second-order valence-corrected chi connectivity index (χ2v) is 3.37. The molecular formula is C8H14N3O+. The number of likely N-dealkylation sites (N-methyl/N-ethyl adjacent to an activating group) is 1. The molecule has 4 heteroatoms. The minimum absolute atomic E-state index is 0.831. The summed E-state index contributed by atoms with van der Waals surface area (Å²) < 4.78 is 6.17. The van der Waals surface area contributed by atoms with Crippen molar-refractivity contribution in [1.29, 1.82) is 0 Å². The largest absolute Gasteiger partial charge is 0.370 e. The van der Waals surface area contributed by atoms with Gasteiger partial charge in [0.25, 0.3) is 0 Å². The van der Waals surface area contributed by atoms with Crippen LogP contribution in [0.2, 0.25) is 0 Å². The van der Waals surface area contributed by atoms with Crippen molar-refractivity contribution in [1.82, 2.24) is 14.5 Å². The van der Waals surface area contributed by atoms with E-state index in [0.717, 1.165) is 36.7 Å². The van der Waals surface area contributed by atoms with Crippen LogP contribution >= 0.6 is 0 Å². The van der Waals surface area contributed by atoms with Crippen LogP contribution in [0.5, 0.6) is 0 Å². The van der Waals surface area contributed by atoms with Gasteiger partial charge in [-0.3, -0.25) is 9.47 Å². The van der Waals surface area contributed by atoms with Crippen molar-refractivity contribution in [2.75, 3.05) is 33.4 Å². The minimum Gasteiger partial charge on any atom is -0.370 e. The van der Waals surface area contributed by atoms with E-state index in [4.69, 9.17) is 4.74 Å². The molecule has 12 heavy (non-hydrogen) atoms. The van der Waals surface area contributed by atoms with Crippen LogP contribution in [0.1, 0.15) is 0 Å². The van der Waals surface area contributed by atoms with Crippen molar-refractivity contribution in [2.45, 2.75) is 0 Å². The Kier molecular flexibility index (Phi) is 1.86. The van der Waals surface area contributed by atoms with Gasteiger partial charge < -0.3 is 4.74 Å². The van der Waals surface area contributed by atoms with E-state index in [9.17, 15) is 0 Å². The summed E-state index contributed by atoms with van der Waals surface area (Å²) in [4.78, 5) is 7.43. The molecule has 0 spiro atoms. The van der Waals surface area contributed by atoms with Crippen LogP contribution in [0.3, 0.4) is 0 Å². The third-order valence-corrected chi connectivity index (χ3v) is 2.45. The molecule has 0 unspecified atom stereocenters. The third-order valence-electron chi connectivity index (χ3n) is 2.45. The van der Waals surface area contributed by atoms with Gasteiger partial charge in [-0.2, -0.15) is 4.98 Å². The SMILES string of the molecule is C[N+]1(c2ncc[nH]2)CCOCC1. The van der Waals surface area contributed by atoms with Gasteiger partial charge in [0.15, 0.2) is 0 Å². The van der Waals surface area contributed by atoms with Gasteiger partial charge in [0, 0.05) is 6.20 Å². The van der Waals surface area contributed by atoms with Crippen molar-refractivity contribution in [3.05, 3.63) is 12.4 Å². The van der Waals surface area contributed by atoms with E-state index in [-0.39, 0.29) is 0 Å². The van der Waals surface area contributed by atoms with E-state index in [0.29, 0.717) is 0 Å². The summed E-state index contributed by atoms with van der Waals surface area (Å²) in [5, 5.41) is 0. The van der Waals surface area contributed by atoms with Crippen LogP contribution in [-0.2, 0) is 4.74 Å². The Hall–Kier alpha value is -0.870. The molecule has 1 aliphatic heterocycles. The lowest BCUT2D eigenvalue weighted by atomic mass is 10.4. The van der Waals surface area contributed by atoms with E-state index in [1.54, 1.807) is 6.20 Å². The molecule has 1 aromatic heterocycles. The Balaban J connectivity index is 2.19. The molecule has 66 valence electrons. The molecule has 0 atom stereocenters. The molecule has 0 radical (unpaired) electrons. The number of aromatic nitrogens is 2. The molecule has 1 fully saturated rings. The highest BCUT2D eigenvalue weighted by atomic mass is 16.5.